The van der Waals surface area contributed by atoms with Gasteiger partial charge in [0.2, 0.25) is 0 Å². The molecule has 2 aromatic rings. The van der Waals surface area contributed by atoms with E-state index in [1.54, 1.807) is 20.8 Å². The lowest BCUT2D eigenvalue weighted by Crippen LogP contribution is -2.27. The normalized spacial score (nSPS) is 11.7. The van der Waals surface area contributed by atoms with Gasteiger partial charge in [-0.1, -0.05) is 0 Å². The van der Waals surface area contributed by atoms with Crippen LogP contribution in [0.4, 0.5) is 33.7 Å². The summed E-state index contributed by atoms with van der Waals surface area (Å²) < 4.78 is 57.1. The first-order valence-corrected chi connectivity index (χ1v) is 8.13. The van der Waals surface area contributed by atoms with Crippen LogP contribution in [0.5, 0.6) is 0 Å². The number of hydrogen-bond acceptors (Lipinski definition) is 3. The Morgan fingerprint density at radius 2 is 1.43 bits per heavy atom. The molecule has 0 spiro atoms. The fourth-order valence-corrected chi connectivity index (χ4v) is 2.13. The molecule has 0 aliphatic heterocycles. The quantitative estimate of drug-likeness (QED) is 0.676. The van der Waals surface area contributed by atoms with Gasteiger partial charge in [0.15, 0.2) is 0 Å². The molecule has 0 aliphatic carbocycles. The maximum absolute atomic E-state index is 13.8. The van der Waals surface area contributed by atoms with Gasteiger partial charge in [-0.15, -0.1) is 0 Å². The highest BCUT2D eigenvalue weighted by Gasteiger charge is 2.32. The van der Waals surface area contributed by atoms with E-state index in [2.05, 4.69) is 10.6 Å². The van der Waals surface area contributed by atoms with E-state index in [0.717, 1.165) is 0 Å². The minimum atomic E-state index is -4.70. The smallest absolute Gasteiger partial charge is 0.416 e. The molecular formula is C19H18F4N2O3. The average Bonchev–Trinajstić information content (AvgIpc) is 2.54. The standard InChI is InChI=1S/C19H18F4N2O3/c1-18(2,3)28-17(27)25-13-7-5-12(6-8-13)24-16(26)14-10-11(19(21,22)23)4-9-15(14)20/h4-10H,1-3H3,(H,24,26)(H,25,27). The van der Waals surface area contributed by atoms with Crippen LogP contribution in [0.2, 0.25) is 0 Å². The molecule has 0 aliphatic rings. The van der Waals surface area contributed by atoms with Crippen molar-refractivity contribution in [3.63, 3.8) is 0 Å². The zero-order valence-corrected chi connectivity index (χ0v) is 15.3. The molecule has 0 saturated heterocycles. The van der Waals surface area contributed by atoms with Gasteiger partial charge in [0.1, 0.15) is 11.4 Å². The van der Waals surface area contributed by atoms with Gasteiger partial charge in [0.05, 0.1) is 11.1 Å². The molecule has 2 aromatic carbocycles. The summed E-state index contributed by atoms with van der Waals surface area (Å²) in [5, 5.41) is 4.79. The summed E-state index contributed by atoms with van der Waals surface area (Å²) in [7, 11) is 0. The highest BCUT2D eigenvalue weighted by atomic mass is 19.4. The van der Waals surface area contributed by atoms with Crippen LogP contribution in [-0.4, -0.2) is 17.6 Å². The number of alkyl halides is 3. The molecular weight excluding hydrogens is 380 g/mol. The fourth-order valence-electron chi connectivity index (χ4n) is 2.13. The zero-order valence-electron chi connectivity index (χ0n) is 15.3. The molecule has 0 radical (unpaired) electrons. The first-order valence-electron chi connectivity index (χ1n) is 8.13. The van der Waals surface area contributed by atoms with Gasteiger partial charge in [-0.25, -0.2) is 9.18 Å². The molecule has 2 rings (SSSR count). The monoisotopic (exact) mass is 398 g/mol. The Balaban J connectivity index is 2.08. The second kappa shape index (κ2) is 7.87. The van der Waals surface area contributed by atoms with Crippen molar-refractivity contribution in [2.24, 2.45) is 0 Å². The molecule has 0 fully saturated rings. The Hall–Kier alpha value is -3.10. The topological polar surface area (TPSA) is 67.4 Å². The van der Waals surface area contributed by atoms with E-state index in [4.69, 9.17) is 4.74 Å². The van der Waals surface area contributed by atoms with Crippen LogP contribution >= 0.6 is 0 Å². The number of hydrogen-bond donors (Lipinski definition) is 2. The number of benzene rings is 2. The molecule has 2 N–H and O–H groups in total. The number of rotatable bonds is 3. The molecule has 0 atom stereocenters. The highest BCUT2D eigenvalue weighted by Crippen LogP contribution is 2.30. The van der Waals surface area contributed by atoms with Crippen molar-refractivity contribution in [2.45, 2.75) is 32.5 Å². The lowest BCUT2D eigenvalue weighted by atomic mass is 10.1. The molecule has 9 heteroatoms. The minimum absolute atomic E-state index is 0.205. The largest absolute Gasteiger partial charge is 0.444 e. The van der Waals surface area contributed by atoms with E-state index < -0.39 is 40.7 Å². The van der Waals surface area contributed by atoms with Crippen LogP contribution in [0.1, 0.15) is 36.7 Å². The molecule has 0 saturated carbocycles. The van der Waals surface area contributed by atoms with Crippen molar-refractivity contribution < 1.29 is 31.9 Å². The number of carbonyl (C=O) groups is 2. The third kappa shape index (κ3) is 5.97. The van der Waals surface area contributed by atoms with E-state index in [1.165, 1.54) is 24.3 Å². The summed E-state index contributed by atoms with van der Waals surface area (Å²) in [5.41, 5.74) is -1.96. The van der Waals surface area contributed by atoms with Crippen molar-refractivity contribution in [1.29, 1.82) is 0 Å². The van der Waals surface area contributed by atoms with Crippen molar-refractivity contribution in [2.75, 3.05) is 10.6 Å². The third-order valence-corrected chi connectivity index (χ3v) is 3.33. The van der Waals surface area contributed by atoms with E-state index >= 15 is 0 Å². The van der Waals surface area contributed by atoms with Crippen molar-refractivity contribution in [1.82, 2.24) is 0 Å². The van der Waals surface area contributed by atoms with Gasteiger partial charge in [0.25, 0.3) is 5.91 Å². The number of amides is 2. The summed E-state index contributed by atoms with van der Waals surface area (Å²) in [4.78, 5) is 23.8. The van der Waals surface area contributed by atoms with Gasteiger partial charge in [-0.05, 0) is 63.2 Å². The molecule has 5 nitrogen and oxygen atoms in total. The van der Waals surface area contributed by atoms with Gasteiger partial charge < -0.3 is 10.1 Å². The highest BCUT2D eigenvalue weighted by molar-refractivity contribution is 6.04. The minimum Gasteiger partial charge on any atom is -0.444 e. The van der Waals surface area contributed by atoms with Crippen molar-refractivity contribution >= 4 is 23.4 Å². The summed E-state index contributed by atoms with van der Waals surface area (Å²) in [6, 6.07) is 7.29. The fraction of sp³-hybridized carbons (Fsp3) is 0.263. The van der Waals surface area contributed by atoms with E-state index in [9.17, 15) is 27.2 Å². The van der Waals surface area contributed by atoms with Crippen LogP contribution in [-0.2, 0) is 10.9 Å². The maximum atomic E-state index is 13.8. The summed E-state index contributed by atoms with van der Waals surface area (Å²) in [6.45, 7) is 5.12. The van der Waals surface area contributed by atoms with Crippen LogP contribution < -0.4 is 10.6 Å². The lowest BCUT2D eigenvalue weighted by molar-refractivity contribution is -0.137. The first-order chi connectivity index (χ1) is 12.8. The molecule has 0 heterocycles. The predicted molar refractivity (Wildman–Crippen MR) is 95.7 cm³/mol. The zero-order chi connectivity index (χ0) is 21.1. The summed E-state index contributed by atoms with van der Waals surface area (Å²) >= 11 is 0. The van der Waals surface area contributed by atoms with Crippen LogP contribution in [0.25, 0.3) is 0 Å². The average molecular weight is 398 g/mol. The van der Waals surface area contributed by atoms with Crippen LogP contribution in [0.3, 0.4) is 0 Å². The number of anilines is 2. The molecule has 0 unspecified atom stereocenters. The Labute approximate surface area is 158 Å². The van der Waals surface area contributed by atoms with Crippen LogP contribution in [0, 0.1) is 5.82 Å². The Morgan fingerprint density at radius 1 is 0.893 bits per heavy atom. The Kier molecular flexibility index (Phi) is 5.96. The Morgan fingerprint density at radius 3 is 1.93 bits per heavy atom. The lowest BCUT2D eigenvalue weighted by Gasteiger charge is -2.19. The van der Waals surface area contributed by atoms with Gasteiger partial charge in [-0.2, -0.15) is 13.2 Å². The SMILES string of the molecule is CC(C)(C)OC(=O)Nc1ccc(NC(=O)c2cc(C(F)(F)F)ccc2F)cc1. The van der Waals surface area contributed by atoms with E-state index in [1.807, 2.05) is 0 Å². The first kappa shape index (κ1) is 21.2. The maximum Gasteiger partial charge on any atom is 0.416 e. The molecule has 2 amide bonds. The van der Waals surface area contributed by atoms with Crippen molar-refractivity contribution in [3.8, 4) is 0 Å². The molecule has 150 valence electrons. The number of carbonyl (C=O) groups excluding carboxylic acids is 2. The van der Waals surface area contributed by atoms with Gasteiger partial charge in [-0.3, -0.25) is 10.1 Å². The second-order valence-corrected chi connectivity index (χ2v) is 6.85. The Bertz CT molecular complexity index is 872. The molecule has 0 aromatic heterocycles. The number of ether oxygens (including phenoxy) is 1. The summed E-state index contributed by atoms with van der Waals surface area (Å²) in [6.07, 6.45) is -5.37. The number of nitrogens with one attached hydrogen (secondary N) is 2. The molecule has 28 heavy (non-hydrogen) atoms. The second-order valence-electron chi connectivity index (χ2n) is 6.85. The van der Waals surface area contributed by atoms with E-state index in [0.29, 0.717) is 23.9 Å². The van der Waals surface area contributed by atoms with Crippen LogP contribution in [0.15, 0.2) is 42.5 Å². The third-order valence-electron chi connectivity index (χ3n) is 3.33. The van der Waals surface area contributed by atoms with Crippen molar-refractivity contribution in [3.05, 3.63) is 59.4 Å². The number of halogens is 4. The van der Waals surface area contributed by atoms with Gasteiger partial charge >= 0.3 is 12.3 Å². The van der Waals surface area contributed by atoms with Gasteiger partial charge in [0, 0.05) is 11.4 Å². The summed E-state index contributed by atoms with van der Waals surface area (Å²) in [5.74, 6) is -2.11. The van der Waals surface area contributed by atoms with E-state index in [-0.39, 0.29) is 5.69 Å². The predicted octanol–water partition coefficient (Wildman–Crippen LogP) is 5.44. The molecule has 0 bridgehead atoms.